The molecule has 90 valence electrons. The quantitative estimate of drug-likeness (QED) is 0.827. The Bertz CT molecular complexity index is 428. The monoisotopic (exact) mass is 249 g/mol. The summed E-state index contributed by atoms with van der Waals surface area (Å²) in [4.78, 5) is 2.30. The van der Waals surface area contributed by atoms with E-state index in [4.69, 9.17) is 11.6 Å². The average molecular weight is 250 g/mol. The van der Waals surface area contributed by atoms with E-state index in [9.17, 15) is 5.11 Å². The Hall–Kier alpha value is -0.990. The average Bonchev–Trinajstić information content (AvgIpc) is 2.37. The Morgan fingerprint density at radius 3 is 2.41 bits per heavy atom. The molecule has 0 radical (unpaired) electrons. The van der Waals surface area contributed by atoms with E-state index in [2.05, 4.69) is 11.0 Å². The molecular weight excluding hydrogens is 234 g/mol. The van der Waals surface area contributed by atoms with Crippen LogP contribution in [0.4, 0.5) is 0 Å². The van der Waals surface area contributed by atoms with Gasteiger partial charge >= 0.3 is 0 Å². The number of aliphatic hydroxyl groups is 1. The maximum absolute atomic E-state index is 10.2. The molecule has 0 aliphatic carbocycles. The van der Waals surface area contributed by atoms with Crippen LogP contribution in [0.25, 0.3) is 6.08 Å². The van der Waals surface area contributed by atoms with Crippen molar-refractivity contribution in [3.05, 3.63) is 40.5 Å². The summed E-state index contributed by atoms with van der Waals surface area (Å²) in [6.45, 7) is 2.17. The minimum Gasteiger partial charge on any atom is -0.387 e. The fourth-order valence-corrected chi connectivity index (χ4v) is 2.93. The third-order valence-corrected chi connectivity index (χ3v) is 4.09. The number of benzene rings is 1. The summed E-state index contributed by atoms with van der Waals surface area (Å²) in [5.41, 5.74) is 2.19. The minimum absolute atomic E-state index is 0.284. The molecule has 3 aliphatic rings. The molecule has 17 heavy (non-hydrogen) atoms. The van der Waals surface area contributed by atoms with Crippen LogP contribution in [0.1, 0.15) is 18.4 Å². The number of hydrogen-bond acceptors (Lipinski definition) is 2. The van der Waals surface area contributed by atoms with Gasteiger partial charge in [0.1, 0.15) is 0 Å². The first kappa shape index (κ1) is 11.1. The second-order valence-corrected chi connectivity index (χ2v) is 5.33. The summed E-state index contributed by atoms with van der Waals surface area (Å²) >= 11 is 5.87. The highest BCUT2D eigenvalue weighted by Crippen LogP contribution is 2.35. The lowest BCUT2D eigenvalue weighted by molar-refractivity contribution is 0.0215. The van der Waals surface area contributed by atoms with Crippen molar-refractivity contribution in [2.24, 2.45) is 5.92 Å². The zero-order chi connectivity index (χ0) is 11.8. The van der Waals surface area contributed by atoms with Crippen molar-refractivity contribution < 1.29 is 5.11 Å². The molecule has 2 nitrogen and oxygen atoms in total. The molecule has 0 aromatic heterocycles. The highest BCUT2D eigenvalue weighted by atomic mass is 35.5. The fraction of sp³-hybridized carbons (Fsp3) is 0.429. The van der Waals surface area contributed by atoms with Crippen molar-refractivity contribution >= 4 is 17.7 Å². The van der Waals surface area contributed by atoms with Gasteiger partial charge in [-0.05, 0) is 42.5 Å². The summed E-state index contributed by atoms with van der Waals surface area (Å²) in [6.07, 6.45) is 4.05. The van der Waals surface area contributed by atoms with E-state index in [1.165, 1.54) is 0 Å². The number of aliphatic hydroxyl groups excluding tert-OH is 1. The van der Waals surface area contributed by atoms with Crippen molar-refractivity contribution in [1.82, 2.24) is 4.90 Å². The predicted molar refractivity (Wildman–Crippen MR) is 69.7 cm³/mol. The largest absolute Gasteiger partial charge is 0.387 e. The number of hydrogen-bond donors (Lipinski definition) is 1. The highest BCUT2D eigenvalue weighted by Gasteiger charge is 2.36. The number of piperidine rings is 3. The van der Waals surface area contributed by atoms with Crippen LogP contribution in [0.5, 0.6) is 0 Å². The molecule has 1 aromatic carbocycles. The van der Waals surface area contributed by atoms with E-state index in [0.717, 1.165) is 42.2 Å². The summed E-state index contributed by atoms with van der Waals surface area (Å²) < 4.78 is 0. The van der Waals surface area contributed by atoms with Crippen molar-refractivity contribution in [3.63, 3.8) is 0 Å². The lowest BCUT2D eigenvalue weighted by Crippen LogP contribution is -2.48. The fourth-order valence-electron chi connectivity index (χ4n) is 2.81. The van der Waals surface area contributed by atoms with Gasteiger partial charge < -0.3 is 10.0 Å². The maximum Gasteiger partial charge on any atom is 0.0965 e. The molecule has 3 aliphatic heterocycles. The molecule has 4 rings (SSSR count). The lowest BCUT2D eigenvalue weighted by Gasteiger charge is -2.45. The van der Waals surface area contributed by atoms with Gasteiger partial charge in [0.05, 0.1) is 6.10 Å². The van der Waals surface area contributed by atoms with Gasteiger partial charge in [-0.15, -0.1) is 0 Å². The third-order valence-electron chi connectivity index (χ3n) is 3.84. The number of halogens is 1. The zero-order valence-corrected chi connectivity index (χ0v) is 10.4. The van der Waals surface area contributed by atoms with Gasteiger partial charge in [-0.25, -0.2) is 0 Å². The first-order valence-corrected chi connectivity index (χ1v) is 6.52. The summed E-state index contributed by atoms with van der Waals surface area (Å²) in [5.74, 6) is 0.457. The van der Waals surface area contributed by atoms with Crippen molar-refractivity contribution in [2.75, 3.05) is 13.1 Å². The second kappa shape index (κ2) is 4.35. The van der Waals surface area contributed by atoms with Crippen LogP contribution >= 0.6 is 11.6 Å². The molecule has 1 unspecified atom stereocenters. The van der Waals surface area contributed by atoms with E-state index < -0.39 is 0 Å². The maximum atomic E-state index is 10.2. The van der Waals surface area contributed by atoms with Crippen LogP contribution in [-0.2, 0) is 0 Å². The predicted octanol–water partition coefficient (Wildman–Crippen LogP) is 2.77. The zero-order valence-electron chi connectivity index (χ0n) is 9.64. The first-order chi connectivity index (χ1) is 8.24. The van der Waals surface area contributed by atoms with E-state index in [0.29, 0.717) is 5.92 Å². The molecule has 1 atom stereocenters. The number of fused-ring (bicyclic) bond motifs is 3. The van der Waals surface area contributed by atoms with E-state index >= 15 is 0 Å². The smallest absolute Gasteiger partial charge is 0.0965 e. The standard InChI is InChI=1S/C14H16ClNO/c15-12-3-1-10(2-4-12)9-13-14(17)11-5-7-16(13)8-6-11/h1-4,9,11,14,17H,5-8H2. The lowest BCUT2D eigenvalue weighted by atomic mass is 9.83. The van der Waals surface area contributed by atoms with Crippen LogP contribution in [0.2, 0.25) is 5.02 Å². The van der Waals surface area contributed by atoms with Crippen LogP contribution in [0.3, 0.4) is 0 Å². The molecule has 1 N–H and O–H groups in total. The van der Waals surface area contributed by atoms with Crippen LogP contribution in [-0.4, -0.2) is 29.2 Å². The Labute approximate surface area is 107 Å². The number of rotatable bonds is 1. The van der Waals surface area contributed by atoms with Gasteiger partial charge in [0.15, 0.2) is 0 Å². The topological polar surface area (TPSA) is 23.5 Å². The minimum atomic E-state index is -0.284. The van der Waals surface area contributed by atoms with Gasteiger partial charge in [-0.1, -0.05) is 23.7 Å². The Kier molecular flexibility index (Phi) is 2.85. The molecule has 3 fully saturated rings. The second-order valence-electron chi connectivity index (χ2n) is 4.89. The van der Waals surface area contributed by atoms with Crippen LogP contribution in [0, 0.1) is 5.92 Å². The molecule has 1 aromatic rings. The summed E-state index contributed by atoms with van der Waals surface area (Å²) in [5, 5.41) is 11.0. The molecule has 2 bridgehead atoms. The first-order valence-electron chi connectivity index (χ1n) is 6.14. The molecule has 0 saturated carbocycles. The molecule has 3 heterocycles. The van der Waals surface area contributed by atoms with E-state index in [-0.39, 0.29) is 6.10 Å². The van der Waals surface area contributed by atoms with E-state index in [1.54, 1.807) is 0 Å². The Morgan fingerprint density at radius 2 is 1.82 bits per heavy atom. The SMILES string of the molecule is OC1C(=Cc2ccc(Cl)cc2)N2CCC1CC2. The van der Waals surface area contributed by atoms with E-state index in [1.807, 2.05) is 24.3 Å². The van der Waals surface area contributed by atoms with Crippen molar-refractivity contribution in [1.29, 1.82) is 0 Å². The summed E-state index contributed by atoms with van der Waals surface area (Å²) in [6, 6.07) is 7.75. The van der Waals surface area contributed by atoms with Crippen LogP contribution in [0.15, 0.2) is 30.0 Å². The van der Waals surface area contributed by atoms with Gasteiger partial charge in [0, 0.05) is 23.8 Å². The van der Waals surface area contributed by atoms with Crippen molar-refractivity contribution in [2.45, 2.75) is 18.9 Å². The Morgan fingerprint density at radius 1 is 1.18 bits per heavy atom. The van der Waals surface area contributed by atoms with Gasteiger partial charge in [0.25, 0.3) is 0 Å². The highest BCUT2D eigenvalue weighted by molar-refractivity contribution is 6.30. The molecule has 0 spiro atoms. The molecule has 3 heteroatoms. The normalized spacial score (nSPS) is 30.0. The molecular formula is C14H16ClNO. The third kappa shape index (κ3) is 2.07. The van der Waals surface area contributed by atoms with Crippen molar-refractivity contribution in [3.8, 4) is 0 Å². The van der Waals surface area contributed by atoms with Crippen LogP contribution < -0.4 is 0 Å². The van der Waals surface area contributed by atoms with Gasteiger partial charge in [-0.3, -0.25) is 0 Å². The number of nitrogens with zero attached hydrogens (tertiary/aromatic N) is 1. The molecule has 0 amide bonds. The summed E-state index contributed by atoms with van der Waals surface area (Å²) in [7, 11) is 0. The molecule has 3 saturated heterocycles. The Balaban J connectivity index is 1.90. The van der Waals surface area contributed by atoms with Gasteiger partial charge in [0.2, 0.25) is 0 Å². The van der Waals surface area contributed by atoms with Gasteiger partial charge in [-0.2, -0.15) is 0 Å².